The van der Waals surface area contributed by atoms with Crippen LogP contribution in [0.4, 0.5) is 0 Å². The Morgan fingerprint density at radius 1 is 0.838 bits per heavy atom. The largest absolute Gasteiger partial charge is 0.332 e. The molecule has 4 rings (SSSR count). The number of hydrogen-bond acceptors (Lipinski definition) is 3. The molecule has 1 amide bonds. The molecule has 0 aliphatic carbocycles. The lowest BCUT2D eigenvalue weighted by atomic mass is 9.93. The maximum Gasteiger partial charge on any atom is 0.240 e. The molecule has 0 unspecified atom stereocenters. The Morgan fingerprint density at radius 2 is 1.32 bits per heavy atom. The van der Waals surface area contributed by atoms with Gasteiger partial charge >= 0.3 is 0 Å². The first-order valence-corrected chi connectivity index (χ1v) is 13.1. The molecule has 1 saturated heterocycles. The standard InChI is InChI=1S/C29H24Cl4N2O2/c1-17-2-4-18(5-3-17)14-27(34)29(37)35-15-21(10-19-6-8-23(30)25(32)12-19)28(36)22(16-35)11-20-7-9-24(31)26(33)13-20/h2-13,27H,14-16,34H2,1H3/b21-10+,22-11+/t27-/m1/s1. The van der Waals surface area contributed by atoms with Gasteiger partial charge in [0, 0.05) is 24.2 Å². The highest BCUT2D eigenvalue weighted by atomic mass is 35.5. The van der Waals surface area contributed by atoms with Crippen LogP contribution < -0.4 is 5.73 Å². The van der Waals surface area contributed by atoms with Crippen molar-refractivity contribution in [3.05, 3.63) is 114 Å². The molecule has 0 spiro atoms. The molecule has 37 heavy (non-hydrogen) atoms. The molecule has 1 atom stereocenters. The van der Waals surface area contributed by atoms with Gasteiger partial charge in [-0.25, -0.2) is 0 Å². The van der Waals surface area contributed by atoms with Crippen molar-refractivity contribution >= 4 is 70.2 Å². The fourth-order valence-electron chi connectivity index (χ4n) is 4.10. The first-order chi connectivity index (χ1) is 17.6. The summed E-state index contributed by atoms with van der Waals surface area (Å²) in [6.07, 6.45) is 3.83. The van der Waals surface area contributed by atoms with Crippen molar-refractivity contribution in [3.63, 3.8) is 0 Å². The predicted molar refractivity (Wildman–Crippen MR) is 153 cm³/mol. The molecule has 190 valence electrons. The quantitative estimate of drug-likeness (QED) is 0.332. The molecule has 0 radical (unpaired) electrons. The van der Waals surface area contributed by atoms with Crippen LogP contribution in [0, 0.1) is 6.92 Å². The summed E-state index contributed by atoms with van der Waals surface area (Å²) < 4.78 is 0. The summed E-state index contributed by atoms with van der Waals surface area (Å²) in [7, 11) is 0. The molecule has 1 aliphatic heterocycles. The normalized spacial score (nSPS) is 16.9. The van der Waals surface area contributed by atoms with Gasteiger partial charge in [-0.3, -0.25) is 9.59 Å². The summed E-state index contributed by atoms with van der Waals surface area (Å²) in [6, 6.07) is 17.4. The zero-order chi connectivity index (χ0) is 26.7. The molecule has 1 aliphatic rings. The number of benzene rings is 3. The van der Waals surface area contributed by atoms with E-state index in [1.807, 2.05) is 31.2 Å². The zero-order valence-corrected chi connectivity index (χ0v) is 23.0. The predicted octanol–water partition coefficient (Wildman–Crippen LogP) is 7.06. The molecule has 2 N–H and O–H groups in total. The summed E-state index contributed by atoms with van der Waals surface area (Å²) in [6.45, 7) is 2.25. The first-order valence-electron chi connectivity index (χ1n) is 11.6. The topological polar surface area (TPSA) is 63.4 Å². The van der Waals surface area contributed by atoms with Gasteiger partial charge in [-0.15, -0.1) is 0 Å². The molecule has 3 aromatic rings. The van der Waals surface area contributed by atoms with Gasteiger partial charge in [0.15, 0.2) is 5.78 Å². The van der Waals surface area contributed by atoms with E-state index in [4.69, 9.17) is 52.1 Å². The van der Waals surface area contributed by atoms with Crippen molar-refractivity contribution in [1.82, 2.24) is 4.90 Å². The Bertz CT molecular complexity index is 1340. The molecular formula is C29H24Cl4N2O2. The molecule has 1 heterocycles. The minimum atomic E-state index is -0.756. The second-order valence-electron chi connectivity index (χ2n) is 9.01. The van der Waals surface area contributed by atoms with Crippen LogP contribution in [0.2, 0.25) is 20.1 Å². The number of carbonyl (C=O) groups excluding carboxylic acids is 2. The third kappa shape index (κ3) is 6.84. The fraction of sp³-hybridized carbons (Fsp3) is 0.172. The molecule has 4 nitrogen and oxygen atoms in total. The molecule has 0 aromatic heterocycles. The van der Waals surface area contributed by atoms with Crippen molar-refractivity contribution in [2.24, 2.45) is 5.73 Å². The van der Waals surface area contributed by atoms with Crippen LogP contribution in [0.15, 0.2) is 71.8 Å². The highest BCUT2D eigenvalue weighted by Crippen LogP contribution is 2.28. The van der Waals surface area contributed by atoms with E-state index in [0.717, 1.165) is 11.1 Å². The molecule has 3 aromatic carbocycles. The Kier molecular flexibility index (Phi) is 8.79. The number of ketones is 1. The Balaban J connectivity index is 1.67. The molecule has 8 heteroatoms. The third-order valence-corrected chi connectivity index (χ3v) is 7.56. The third-order valence-electron chi connectivity index (χ3n) is 6.08. The number of likely N-dealkylation sites (tertiary alicyclic amines) is 1. The molecule has 0 saturated carbocycles. The highest BCUT2D eigenvalue weighted by Gasteiger charge is 2.31. The number of nitrogens with two attached hydrogens (primary N) is 1. The van der Waals surface area contributed by atoms with E-state index in [1.165, 1.54) is 0 Å². The molecule has 1 fully saturated rings. The van der Waals surface area contributed by atoms with Gasteiger partial charge in [0.1, 0.15) is 0 Å². The number of rotatable bonds is 5. The fourth-order valence-corrected chi connectivity index (χ4v) is 4.71. The van der Waals surface area contributed by atoms with Crippen LogP contribution in [-0.4, -0.2) is 35.7 Å². The minimum absolute atomic E-state index is 0.123. The highest BCUT2D eigenvalue weighted by molar-refractivity contribution is 6.42. The van der Waals surface area contributed by atoms with Gasteiger partial charge in [0.2, 0.25) is 5.91 Å². The number of Topliss-reactive ketones (excluding diaryl/α,β-unsaturated/α-hetero) is 1. The van der Waals surface area contributed by atoms with E-state index in [0.29, 0.717) is 48.8 Å². The lowest BCUT2D eigenvalue weighted by Gasteiger charge is -2.32. The van der Waals surface area contributed by atoms with Crippen LogP contribution in [0.5, 0.6) is 0 Å². The van der Waals surface area contributed by atoms with E-state index < -0.39 is 6.04 Å². The first kappa shape index (κ1) is 27.4. The van der Waals surface area contributed by atoms with Crippen molar-refractivity contribution in [1.29, 1.82) is 0 Å². The van der Waals surface area contributed by atoms with E-state index in [-0.39, 0.29) is 24.8 Å². The number of halogens is 4. The second-order valence-corrected chi connectivity index (χ2v) is 10.6. The Morgan fingerprint density at radius 3 is 1.78 bits per heavy atom. The molecule has 0 bridgehead atoms. The summed E-state index contributed by atoms with van der Waals surface area (Å²) >= 11 is 24.5. The summed E-state index contributed by atoms with van der Waals surface area (Å²) in [4.78, 5) is 28.5. The summed E-state index contributed by atoms with van der Waals surface area (Å²) in [5.41, 5.74) is 10.7. The van der Waals surface area contributed by atoms with Crippen LogP contribution in [0.3, 0.4) is 0 Å². The number of carbonyl (C=O) groups is 2. The number of amides is 1. The lowest BCUT2D eigenvalue weighted by Crippen LogP contribution is -2.49. The van der Waals surface area contributed by atoms with Gasteiger partial charge in [0.25, 0.3) is 0 Å². The van der Waals surface area contributed by atoms with Crippen molar-refractivity contribution < 1.29 is 9.59 Å². The van der Waals surface area contributed by atoms with E-state index in [9.17, 15) is 9.59 Å². The van der Waals surface area contributed by atoms with E-state index in [2.05, 4.69) is 0 Å². The average Bonchev–Trinajstić information content (AvgIpc) is 2.87. The minimum Gasteiger partial charge on any atom is -0.332 e. The van der Waals surface area contributed by atoms with E-state index in [1.54, 1.807) is 53.5 Å². The van der Waals surface area contributed by atoms with Gasteiger partial charge in [0.05, 0.1) is 26.1 Å². The SMILES string of the molecule is Cc1ccc(C[C@@H](N)C(=O)N2C/C(=C\c3ccc(Cl)c(Cl)c3)C(=O)/C(=C/c3ccc(Cl)c(Cl)c3)C2)cc1. The van der Waals surface area contributed by atoms with Crippen molar-refractivity contribution in [3.8, 4) is 0 Å². The number of aryl methyl sites for hydroxylation is 1. The van der Waals surface area contributed by atoms with Gasteiger partial charge in [-0.2, -0.15) is 0 Å². The van der Waals surface area contributed by atoms with Gasteiger partial charge < -0.3 is 10.6 Å². The van der Waals surface area contributed by atoms with Crippen LogP contribution in [0.25, 0.3) is 12.2 Å². The van der Waals surface area contributed by atoms with E-state index >= 15 is 0 Å². The Labute approximate surface area is 236 Å². The zero-order valence-electron chi connectivity index (χ0n) is 20.0. The van der Waals surface area contributed by atoms with Gasteiger partial charge in [-0.05, 0) is 66.5 Å². The van der Waals surface area contributed by atoms with Crippen molar-refractivity contribution in [2.45, 2.75) is 19.4 Å². The average molecular weight is 574 g/mol. The maximum atomic E-state index is 13.5. The number of hydrogen-bond donors (Lipinski definition) is 1. The smallest absolute Gasteiger partial charge is 0.240 e. The van der Waals surface area contributed by atoms with Gasteiger partial charge in [-0.1, -0.05) is 88.4 Å². The summed E-state index contributed by atoms with van der Waals surface area (Å²) in [5.74, 6) is -0.415. The lowest BCUT2D eigenvalue weighted by molar-refractivity contribution is -0.132. The van der Waals surface area contributed by atoms with Crippen LogP contribution in [0.1, 0.15) is 22.3 Å². The number of piperidine rings is 1. The number of nitrogens with zero attached hydrogens (tertiary/aromatic N) is 1. The maximum absolute atomic E-state index is 13.5. The molecular weight excluding hydrogens is 550 g/mol. The summed E-state index contributed by atoms with van der Waals surface area (Å²) in [5, 5.41) is 1.58. The van der Waals surface area contributed by atoms with Crippen LogP contribution >= 0.6 is 46.4 Å². The monoisotopic (exact) mass is 572 g/mol. The van der Waals surface area contributed by atoms with Crippen LogP contribution in [-0.2, 0) is 16.0 Å². The van der Waals surface area contributed by atoms with Crippen molar-refractivity contribution in [2.75, 3.05) is 13.1 Å². The second kappa shape index (κ2) is 11.8. The Hall–Kier alpha value is -2.60.